The summed E-state index contributed by atoms with van der Waals surface area (Å²) in [6.07, 6.45) is 0. The van der Waals surface area contributed by atoms with Crippen LogP contribution < -0.4 is 15.1 Å². The van der Waals surface area contributed by atoms with Crippen molar-refractivity contribution in [3.8, 4) is 0 Å². The number of amides is 4. The first-order chi connectivity index (χ1) is 14.3. The summed E-state index contributed by atoms with van der Waals surface area (Å²) in [5.74, 6) is -1.59. The third-order valence-corrected chi connectivity index (χ3v) is 5.96. The second-order valence-corrected chi connectivity index (χ2v) is 8.26. The molecule has 0 unspecified atom stereocenters. The number of carbonyl (C=O) groups is 4. The van der Waals surface area contributed by atoms with Crippen LogP contribution in [-0.2, 0) is 19.2 Å². The number of thiocarbonyl (C=S) groups is 1. The monoisotopic (exact) mass is 437 g/mol. The maximum absolute atomic E-state index is 13.2. The normalized spacial score (nSPS) is 18.1. The Balaban J connectivity index is 1.76. The minimum Gasteiger partial charge on any atom is -0.326 e. The minimum absolute atomic E-state index is 0.176. The highest BCUT2D eigenvalue weighted by Gasteiger charge is 2.43. The van der Waals surface area contributed by atoms with E-state index >= 15 is 0 Å². The molecule has 0 atom stereocenters. The minimum atomic E-state index is -0.537. The predicted octanol–water partition coefficient (Wildman–Crippen LogP) is 3.31. The van der Waals surface area contributed by atoms with Crippen molar-refractivity contribution in [3.05, 3.63) is 59.0 Å². The Labute approximate surface area is 181 Å². The van der Waals surface area contributed by atoms with Crippen LogP contribution in [0.2, 0.25) is 0 Å². The van der Waals surface area contributed by atoms with Gasteiger partial charge < -0.3 is 5.32 Å². The molecule has 2 heterocycles. The highest BCUT2D eigenvalue weighted by molar-refractivity contribution is 8.27. The summed E-state index contributed by atoms with van der Waals surface area (Å²) in [6.45, 7) is 2.71. The Morgan fingerprint density at radius 3 is 2.27 bits per heavy atom. The van der Waals surface area contributed by atoms with Gasteiger partial charge in [-0.3, -0.25) is 24.1 Å². The maximum Gasteiger partial charge on any atom is 0.271 e. The number of rotatable bonds is 2. The smallest absolute Gasteiger partial charge is 0.271 e. The summed E-state index contributed by atoms with van der Waals surface area (Å²) in [5, 5.41) is 2.66. The number of thioether (sulfide) groups is 1. The van der Waals surface area contributed by atoms with Crippen LogP contribution in [0, 0.1) is 0 Å². The van der Waals surface area contributed by atoms with Crippen LogP contribution in [0.3, 0.4) is 0 Å². The first kappa shape index (κ1) is 20.0. The molecule has 150 valence electrons. The number of nitrogens with zero attached hydrogens (tertiary/aromatic N) is 2. The Bertz CT molecular complexity index is 1170. The molecule has 30 heavy (non-hydrogen) atoms. The van der Waals surface area contributed by atoms with Crippen molar-refractivity contribution < 1.29 is 19.2 Å². The third kappa shape index (κ3) is 3.21. The van der Waals surface area contributed by atoms with Gasteiger partial charge in [0.2, 0.25) is 11.8 Å². The van der Waals surface area contributed by atoms with E-state index in [-0.39, 0.29) is 20.7 Å². The molecular formula is C21H15N3O4S2. The van der Waals surface area contributed by atoms with E-state index < -0.39 is 17.7 Å². The number of hydrogen-bond donors (Lipinski definition) is 1. The molecule has 0 radical (unpaired) electrons. The van der Waals surface area contributed by atoms with Crippen LogP contribution in [-0.4, -0.2) is 27.9 Å². The van der Waals surface area contributed by atoms with E-state index in [2.05, 4.69) is 5.32 Å². The second-order valence-electron chi connectivity index (χ2n) is 6.62. The summed E-state index contributed by atoms with van der Waals surface area (Å²) >= 11 is 6.43. The molecule has 0 aliphatic carbocycles. The van der Waals surface area contributed by atoms with Gasteiger partial charge in [0.25, 0.3) is 11.8 Å². The zero-order valence-electron chi connectivity index (χ0n) is 16.0. The second kappa shape index (κ2) is 7.51. The number of nitrogens with one attached hydrogen (secondary N) is 1. The quantitative estimate of drug-likeness (QED) is 0.573. The van der Waals surface area contributed by atoms with E-state index in [1.807, 2.05) is 0 Å². The molecule has 4 rings (SSSR count). The molecule has 9 heteroatoms. The zero-order chi connectivity index (χ0) is 21.6. The summed E-state index contributed by atoms with van der Waals surface area (Å²) in [7, 11) is 0. The maximum atomic E-state index is 13.2. The van der Waals surface area contributed by atoms with Crippen molar-refractivity contribution in [1.29, 1.82) is 0 Å². The van der Waals surface area contributed by atoms with Crippen LogP contribution in [0.15, 0.2) is 53.4 Å². The average Bonchev–Trinajstić information content (AvgIpc) is 3.14. The number of carbonyl (C=O) groups excluding carboxylic acids is 4. The first-order valence-corrected chi connectivity index (χ1v) is 10.1. The van der Waals surface area contributed by atoms with Crippen molar-refractivity contribution in [2.45, 2.75) is 13.8 Å². The molecule has 0 spiro atoms. The Kier molecular flexibility index (Phi) is 5.00. The molecule has 2 aliphatic heterocycles. The molecule has 7 nitrogen and oxygen atoms in total. The van der Waals surface area contributed by atoms with Crippen LogP contribution in [0.1, 0.15) is 19.4 Å². The van der Waals surface area contributed by atoms with E-state index in [0.29, 0.717) is 22.6 Å². The molecule has 1 fully saturated rings. The van der Waals surface area contributed by atoms with E-state index in [0.717, 1.165) is 16.7 Å². The van der Waals surface area contributed by atoms with Gasteiger partial charge in [0.05, 0.1) is 21.9 Å². The molecule has 0 aromatic heterocycles. The fourth-order valence-electron chi connectivity index (χ4n) is 3.39. The van der Waals surface area contributed by atoms with Gasteiger partial charge in [0.15, 0.2) is 4.32 Å². The standard InChI is InChI=1S/C21H15N3O4S2/c1-11(25)22-13-7-9-14(10-8-13)24-20(28)18(30-21(24)29)17-15-5-3-4-6-16(15)23(12(2)26)19(17)27/h3-10H,1-2H3,(H,22,25). The van der Waals surface area contributed by atoms with Gasteiger partial charge in [-0.05, 0) is 30.3 Å². The zero-order valence-corrected chi connectivity index (χ0v) is 17.6. The predicted molar refractivity (Wildman–Crippen MR) is 120 cm³/mol. The summed E-state index contributed by atoms with van der Waals surface area (Å²) in [4.78, 5) is 52.1. The number of para-hydroxylation sites is 1. The van der Waals surface area contributed by atoms with Crippen LogP contribution in [0.5, 0.6) is 0 Å². The molecule has 1 saturated heterocycles. The van der Waals surface area contributed by atoms with E-state index in [1.54, 1.807) is 48.5 Å². The number of imide groups is 1. The fraction of sp³-hybridized carbons (Fsp3) is 0.0952. The summed E-state index contributed by atoms with van der Waals surface area (Å²) < 4.78 is 0.279. The molecule has 2 aromatic rings. The number of hydrogen-bond acceptors (Lipinski definition) is 6. The number of benzene rings is 2. The molecule has 0 bridgehead atoms. The van der Waals surface area contributed by atoms with Gasteiger partial charge >= 0.3 is 0 Å². The summed E-state index contributed by atoms with van der Waals surface area (Å²) in [5.41, 5.74) is 2.26. The van der Waals surface area contributed by atoms with Crippen LogP contribution in [0.4, 0.5) is 17.1 Å². The number of fused-ring (bicyclic) bond motifs is 1. The van der Waals surface area contributed by atoms with Crippen molar-refractivity contribution in [3.63, 3.8) is 0 Å². The van der Waals surface area contributed by atoms with E-state index in [4.69, 9.17) is 12.2 Å². The highest BCUT2D eigenvalue weighted by Crippen LogP contribution is 2.45. The Hall–Kier alpha value is -3.30. The van der Waals surface area contributed by atoms with Gasteiger partial charge in [-0.2, -0.15) is 0 Å². The van der Waals surface area contributed by atoms with Crippen molar-refractivity contribution in [1.82, 2.24) is 0 Å². The third-order valence-electron chi connectivity index (χ3n) is 4.59. The van der Waals surface area contributed by atoms with Crippen molar-refractivity contribution >= 4 is 74.6 Å². The van der Waals surface area contributed by atoms with Gasteiger partial charge in [-0.15, -0.1) is 0 Å². The SMILES string of the molecule is CC(=O)Nc1ccc(N2C(=O)C(=C3C(=O)N(C(C)=O)c4ccccc43)SC2=S)cc1. The van der Waals surface area contributed by atoms with Gasteiger partial charge in [0.1, 0.15) is 0 Å². The molecule has 4 amide bonds. The lowest BCUT2D eigenvalue weighted by molar-refractivity contribution is -0.122. The van der Waals surface area contributed by atoms with Gasteiger partial charge in [-0.1, -0.05) is 42.2 Å². The Morgan fingerprint density at radius 1 is 0.967 bits per heavy atom. The van der Waals surface area contributed by atoms with Crippen LogP contribution >= 0.6 is 24.0 Å². The topological polar surface area (TPSA) is 86.8 Å². The van der Waals surface area contributed by atoms with Crippen molar-refractivity contribution in [2.24, 2.45) is 0 Å². The highest BCUT2D eigenvalue weighted by atomic mass is 32.2. The van der Waals surface area contributed by atoms with E-state index in [9.17, 15) is 19.2 Å². The fourth-order valence-corrected chi connectivity index (χ4v) is 4.76. The molecule has 2 aromatic carbocycles. The lowest BCUT2D eigenvalue weighted by atomic mass is 10.1. The average molecular weight is 438 g/mol. The first-order valence-electron chi connectivity index (χ1n) is 8.92. The Morgan fingerprint density at radius 2 is 1.63 bits per heavy atom. The molecular weight excluding hydrogens is 422 g/mol. The van der Waals surface area contributed by atoms with Gasteiger partial charge in [-0.25, -0.2) is 4.90 Å². The molecule has 2 aliphatic rings. The number of anilines is 3. The van der Waals surface area contributed by atoms with Crippen LogP contribution in [0.25, 0.3) is 5.57 Å². The molecule has 0 saturated carbocycles. The van der Waals surface area contributed by atoms with Crippen molar-refractivity contribution in [2.75, 3.05) is 15.1 Å². The van der Waals surface area contributed by atoms with E-state index in [1.165, 1.54) is 18.7 Å². The van der Waals surface area contributed by atoms with Gasteiger partial charge in [0, 0.05) is 25.1 Å². The lowest BCUT2D eigenvalue weighted by Gasteiger charge is -2.15. The largest absolute Gasteiger partial charge is 0.326 e. The lowest BCUT2D eigenvalue weighted by Crippen LogP contribution is -2.32. The summed E-state index contributed by atoms with van der Waals surface area (Å²) in [6, 6.07) is 13.5. The molecule has 1 N–H and O–H groups in total.